The average molecular weight is 334 g/mol. The Balaban J connectivity index is 1.83. The molecule has 3 heterocycles. The van der Waals surface area contributed by atoms with Crippen molar-refractivity contribution in [2.45, 2.75) is 30.8 Å². The third kappa shape index (κ3) is 2.95. The van der Waals surface area contributed by atoms with Crippen LogP contribution in [0.1, 0.15) is 17.6 Å². The molecule has 0 amide bonds. The van der Waals surface area contributed by atoms with Crippen LogP contribution >= 0.6 is 23.1 Å². The van der Waals surface area contributed by atoms with Crippen molar-refractivity contribution < 1.29 is 0 Å². The first-order valence-corrected chi connectivity index (χ1v) is 8.51. The lowest BCUT2D eigenvalue weighted by atomic mass is 10.4. The standard InChI is InChI=1S/C13H14N6OS2/c1-3-5-18-8-14-16-13(18)21-7-9-6-11(20)19-12(15-9)22-10(4-2)17-19/h3,6,8H,1,4-5,7H2,2H3. The summed E-state index contributed by atoms with van der Waals surface area (Å²) in [5, 5.41) is 13.9. The Hall–Kier alpha value is -2.00. The number of hydrogen-bond donors (Lipinski definition) is 0. The highest BCUT2D eigenvalue weighted by Gasteiger charge is 2.10. The Morgan fingerprint density at radius 1 is 1.50 bits per heavy atom. The zero-order chi connectivity index (χ0) is 15.5. The summed E-state index contributed by atoms with van der Waals surface area (Å²) in [6.45, 7) is 6.36. The van der Waals surface area contributed by atoms with Crippen molar-refractivity contribution in [1.82, 2.24) is 29.4 Å². The monoisotopic (exact) mass is 334 g/mol. The molecule has 3 aromatic rings. The van der Waals surface area contributed by atoms with E-state index in [1.807, 2.05) is 11.5 Å². The van der Waals surface area contributed by atoms with Crippen molar-refractivity contribution in [3.63, 3.8) is 0 Å². The minimum Gasteiger partial charge on any atom is -0.305 e. The molecule has 0 bridgehead atoms. The van der Waals surface area contributed by atoms with Gasteiger partial charge in [-0.3, -0.25) is 4.79 Å². The topological polar surface area (TPSA) is 78.0 Å². The third-order valence-electron chi connectivity index (χ3n) is 2.90. The molecule has 0 unspecified atom stereocenters. The maximum Gasteiger partial charge on any atom is 0.275 e. The molecule has 0 N–H and O–H groups in total. The molecule has 0 saturated heterocycles. The van der Waals surface area contributed by atoms with E-state index in [0.717, 1.165) is 22.3 Å². The predicted molar refractivity (Wildman–Crippen MR) is 86.3 cm³/mol. The van der Waals surface area contributed by atoms with Crippen LogP contribution in [0.5, 0.6) is 0 Å². The van der Waals surface area contributed by atoms with Crippen molar-refractivity contribution in [3.05, 3.63) is 46.1 Å². The number of aryl methyl sites for hydroxylation is 1. The van der Waals surface area contributed by atoms with Gasteiger partial charge in [0.05, 0.1) is 5.69 Å². The van der Waals surface area contributed by atoms with E-state index in [1.54, 1.807) is 12.4 Å². The fourth-order valence-electron chi connectivity index (χ4n) is 1.87. The van der Waals surface area contributed by atoms with Gasteiger partial charge in [-0.15, -0.1) is 16.8 Å². The van der Waals surface area contributed by atoms with Crippen LogP contribution in [-0.4, -0.2) is 29.4 Å². The van der Waals surface area contributed by atoms with Crippen LogP contribution in [-0.2, 0) is 18.7 Å². The van der Waals surface area contributed by atoms with Gasteiger partial charge in [0, 0.05) is 18.4 Å². The molecule has 3 aromatic heterocycles. The summed E-state index contributed by atoms with van der Waals surface area (Å²) in [4.78, 5) is 17.2. The second kappa shape index (κ2) is 6.41. The number of fused-ring (bicyclic) bond motifs is 1. The van der Waals surface area contributed by atoms with Crippen molar-refractivity contribution >= 4 is 28.1 Å². The average Bonchev–Trinajstić information content (AvgIpc) is 3.12. The highest BCUT2D eigenvalue weighted by Crippen LogP contribution is 2.20. The molecule has 3 rings (SSSR count). The number of allylic oxidation sites excluding steroid dienone is 1. The fourth-order valence-corrected chi connectivity index (χ4v) is 3.55. The highest BCUT2D eigenvalue weighted by atomic mass is 32.2. The Morgan fingerprint density at radius 2 is 2.36 bits per heavy atom. The lowest BCUT2D eigenvalue weighted by Gasteiger charge is -2.02. The number of rotatable bonds is 6. The quantitative estimate of drug-likeness (QED) is 0.505. The number of hydrogen-bond acceptors (Lipinski definition) is 7. The summed E-state index contributed by atoms with van der Waals surface area (Å²) in [5.74, 6) is 0.556. The minimum atomic E-state index is -0.149. The van der Waals surface area contributed by atoms with E-state index in [1.165, 1.54) is 33.7 Å². The van der Waals surface area contributed by atoms with Crippen LogP contribution in [0.4, 0.5) is 0 Å². The Kier molecular flexibility index (Phi) is 4.34. The van der Waals surface area contributed by atoms with Crippen LogP contribution in [0.15, 0.2) is 35.0 Å². The maximum atomic E-state index is 12.1. The van der Waals surface area contributed by atoms with Gasteiger partial charge in [0.25, 0.3) is 5.56 Å². The van der Waals surface area contributed by atoms with Gasteiger partial charge in [0.2, 0.25) is 4.96 Å². The summed E-state index contributed by atoms with van der Waals surface area (Å²) in [6, 6.07) is 1.52. The largest absolute Gasteiger partial charge is 0.305 e. The van der Waals surface area contributed by atoms with Crippen LogP contribution in [0.25, 0.3) is 4.96 Å². The van der Waals surface area contributed by atoms with E-state index in [0.29, 0.717) is 17.3 Å². The first kappa shape index (κ1) is 14.9. The summed E-state index contributed by atoms with van der Waals surface area (Å²) in [7, 11) is 0. The Morgan fingerprint density at radius 3 is 3.14 bits per heavy atom. The van der Waals surface area contributed by atoms with Gasteiger partial charge in [-0.25, -0.2) is 4.98 Å². The molecule has 22 heavy (non-hydrogen) atoms. The predicted octanol–water partition coefficient (Wildman–Crippen LogP) is 1.78. The van der Waals surface area contributed by atoms with Gasteiger partial charge in [-0.2, -0.15) is 9.61 Å². The molecule has 0 aliphatic rings. The lowest BCUT2D eigenvalue weighted by molar-refractivity contribution is 0.724. The van der Waals surface area contributed by atoms with Crippen molar-refractivity contribution in [1.29, 1.82) is 0 Å². The number of thioether (sulfide) groups is 1. The third-order valence-corrected chi connectivity index (χ3v) is 4.96. The molecule has 0 aliphatic carbocycles. The fraction of sp³-hybridized carbons (Fsp3) is 0.308. The van der Waals surface area contributed by atoms with Gasteiger partial charge < -0.3 is 4.57 Å². The number of nitrogens with zero attached hydrogens (tertiary/aromatic N) is 6. The molecule has 0 radical (unpaired) electrons. The van der Waals surface area contributed by atoms with E-state index in [-0.39, 0.29) is 5.56 Å². The van der Waals surface area contributed by atoms with E-state index >= 15 is 0 Å². The van der Waals surface area contributed by atoms with Gasteiger partial charge in [-0.1, -0.05) is 36.1 Å². The molecule has 0 saturated carbocycles. The first-order chi connectivity index (χ1) is 10.7. The molecule has 9 heteroatoms. The molecule has 114 valence electrons. The summed E-state index contributed by atoms with van der Waals surface area (Å²) in [6.07, 6.45) is 4.24. The highest BCUT2D eigenvalue weighted by molar-refractivity contribution is 7.98. The SMILES string of the molecule is C=CCn1cnnc1SCc1cc(=O)n2nc(CC)sc2n1. The molecule has 0 spiro atoms. The molecule has 7 nitrogen and oxygen atoms in total. The van der Waals surface area contributed by atoms with Crippen molar-refractivity contribution in [3.8, 4) is 0 Å². The van der Waals surface area contributed by atoms with Gasteiger partial charge >= 0.3 is 0 Å². The zero-order valence-electron chi connectivity index (χ0n) is 12.0. The summed E-state index contributed by atoms with van der Waals surface area (Å²) < 4.78 is 3.25. The van der Waals surface area contributed by atoms with Gasteiger partial charge in [0.15, 0.2) is 5.16 Å². The first-order valence-electron chi connectivity index (χ1n) is 6.71. The van der Waals surface area contributed by atoms with Crippen LogP contribution in [0.3, 0.4) is 0 Å². The van der Waals surface area contributed by atoms with E-state index in [2.05, 4.69) is 26.9 Å². The second-order valence-electron chi connectivity index (χ2n) is 4.47. The van der Waals surface area contributed by atoms with E-state index in [4.69, 9.17) is 0 Å². The van der Waals surface area contributed by atoms with Crippen LogP contribution in [0, 0.1) is 0 Å². The lowest BCUT2D eigenvalue weighted by Crippen LogP contribution is -2.15. The summed E-state index contributed by atoms with van der Waals surface area (Å²) >= 11 is 2.94. The molecule has 0 aliphatic heterocycles. The van der Waals surface area contributed by atoms with Crippen molar-refractivity contribution in [2.75, 3.05) is 0 Å². The molecule has 0 atom stereocenters. The van der Waals surface area contributed by atoms with E-state index in [9.17, 15) is 4.79 Å². The minimum absolute atomic E-state index is 0.149. The normalized spacial score (nSPS) is 11.1. The second-order valence-corrected chi connectivity index (χ2v) is 6.46. The van der Waals surface area contributed by atoms with Gasteiger partial charge in [0.1, 0.15) is 11.3 Å². The maximum absolute atomic E-state index is 12.1. The molecular formula is C13H14N6OS2. The van der Waals surface area contributed by atoms with Crippen LogP contribution < -0.4 is 5.56 Å². The van der Waals surface area contributed by atoms with Gasteiger partial charge in [-0.05, 0) is 6.42 Å². The van der Waals surface area contributed by atoms with E-state index < -0.39 is 0 Å². The molecule has 0 aromatic carbocycles. The Labute approximate surface area is 134 Å². The van der Waals surface area contributed by atoms with Crippen LogP contribution in [0.2, 0.25) is 0 Å². The van der Waals surface area contributed by atoms with Crippen molar-refractivity contribution in [2.24, 2.45) is 0 Å². The Bertz CT molecular complexity index is 865. The molecule has 0 fully saturated rings. The number of aromatic nitrogens is 6. The zero-order valence-corrected chi connectivity index (χ0v) is 13.6. The molecular weight excluding hydrogens is 320 g/mol. The summed E-state index contributed by atoms with van der Waals surface area (Å²) in [5.41, 5.74) is 0.568. The smallest absolute Gasteiger partial charge is 0.275 e.